The van der Waals surface area contributed by atoms with E-state index in [1.165, 1.54) is 17.6 Å². The van der Waals surface area contributed by atoms with Crippen molar-refractivity contribution in [2.75, 3.05) is 6.61 Å². The van der Waals surface area contributed by atoms with Gasteiger partial charge >= 0.3 is 5.91 Å². The van der Waals surface area contributed by atoms with Crippen LogP contribution in [0, 0.1) is 13.8 Å². The predicted molar refractivity (Wildman–Crippen MR) is 185 cm³/mol. The van der Waals surface area contributed by atoms with Crippen LogP contribution in [-0.4, -0.2) is 23.3 Å². The van der Waals surface area contributed by atoms with Crippen LogP contribution in [0.25, 0.3) is 5.69 Å². The molecule has 2 heterocycles. The summed E-state index contributed by atoms with van der Waals surface area (Å²) in [5, 5.41) is 4.11. The van der Waals surface area contributed by atoms with E-state index in [9.17, 15) is 4.79 Å². The summed E-state index contributed by atoms with van der Waals surface area (Å²) < 4.78 is 28.3. The summed E-state index contributed by atoms with van der Waals surface area (Å²) in [6, 6.07) is 24.8. The summed E-state index contributed by atoms with van der Waals surface area (Å²) in [6.07, 6.45) is 1.52. The second-order valence-electron chi connectivity index (χ2n) is 9.98. The number of aromatic nitrogens is 1. The molecule has 1 amide bonds. The minimum atomic E-state index is -0.486. The lowest BCUT2D eigenvalue weighted by Gasteiger charge is -2.14. The number of halogens is 3. The first-order valence-electron chi connectivity index (χ1n) is 14.0. The number of hydrogen-bond acceptors (Lipinski definition) is 6. The van der Waals surface area contributed by atoms with E-state index in [2.05, 4.69) is 88.9 Å². The highest BCUT2D eigenvalue weighted by molar-refractivity contribution is 9.11. The van der Waals surface area contributed by atoms with E-state index in [0.29, 0.717) is 41.8 Å². The molecule has 5 aromatic rings. The van der Waals surface area contributed by atoms with Crippen LogP contribution < -0.4 is 19.6 Å². The van der Waals surface area contributed by atoms with E-state index in [-0.39, 0.29) is 12.4 Å². The molecule has 0 saturated carbocycles. The molecule has 1 N–H and O–H groups in total. The molecule has 8 nitrogen and oxygen atoms in total. The van der Waals surface area contributed by atoms with Crippen molar-refractivity contribution < 1.29 is 23.4 Å². The fraction of sp³-hybridized carbons (Fsp3) is 0.176. The highest BCUT2D eigenvalue weighted by Crippen LogP contribution is 2.34. The van der Waals surface area contributed by atoms with E-state index < -0.39 is 5.91 Å². The zero-order chi connectivity index (χ0) is 31.9. The maximum absolute atomic E-state index is 12.7. The van der Waals surface area contributed by atoms with E-state index in [1.807, 2.05) is 55.5 Å². The molecular weight excluding hydrogens is 770 g/mol. The predicted octanol–water partition coefficient (Wildman–Crippen LogP) is 9.30. The molecule has 5 rings (SSSR count). The second-order valence-corrected chi connectivity index (χ2v) is 12.6. The van der Waals surface area contributed by atoms with Crippen LogP contribution in [0.4, 0.5) is 0 Å². The van der Waals surface area contributed by atoms with Crippen molar-refractivity contribution in [3.63, 3.8) is 0 Å². The third kappa shape index (κ3) is 8.27. The molecular formula is C34H30Br3N3O5. The van der Waals surface area contributed by atoms with E-state index in [1.54, 1.807) is 18.2 Å². The Kier molecular flexibility index (Phi) is 10.9. The van der Waals surface area contributed by atoms with Gasteiger partial charge in [-0.05, 0) is 109 Å². The lowest BCUT2D eigenvalue weighted by Crippen LogP contribution is -2.16. The van der Waals surface area contributed by atoms with Gasteiger partial charge in [0.2, 0.25) is 0 Å². The first-order chi connectivity index (χ1) is 21.7. The summed E-state index contributed by atoms with van der Waals surface area (Å²) in [4.78, 5) is 12.7. The molecule has 0 aliphatic rings. The third-order valence-corrected chi connectivity index (χ3v) is 8.68. The lowest BCUT2D eigenvalue weighted by molar-refractivity contribution is 0.0923. The number of nitrogens with zero attached hydrogens (tertiary/aromatic N) is 2. The number of amides is 1. The number of benzene rings is 3. The number of aryl methyl sites for hydroxylation is 2. The van der Waals surface area contributed by atoms with Crippen molar-refractivity contribution in [1.29, 1.82) is 0 Å². The van der Waals surface area contributed by atoms with Crippen LogP contribution in [0.2, 0.25) is 0 Å². The summed E-state index contributed by atoms with van der Waals surface area (Å²) >= 11 is 10.6. The van der Waals surface area contributed by atoms with Crippen molar-refractivity contribution in [2.24, 2.45) is 5.10 Å². The molecule has 0 fully saturated rings. The number of nitrogens with one attached hydrogen (secondary N) is 1. The van der Waals surface area contributed by atoms with Crippen molar-refractivity contribution >= 4 is 59.9 Å². The first-order valence-corrected chi connectivity index (χ1v) is 16.4. The van der Waals surface area contributed by atoms with Crippen molar-refractivity contribution in [2.45, 2.75) is 34.0 Å². The van der Waals surface area contributed by atoms with Gasteiger partial charge in [-0.3, -0.25) is 4.79 Å². The quantitative estimate of drug-likeness (QED) is 0.101. The number of furan rings is 1. The van der Waals surface area contributed by atoms with Gasteiger partial charge in [0, 0.05) is 41.6 Å². The Bertz CT molecular complexity index is 1810. The Labute approximate surface area is 286 Å². The van der Waals surface area contributed by atoms with E-state index in [4.69, 9.17) is 18.6 Å². The number of carbonyl (C=O) groups is 1. The van der Waals surface area contributed by atoms with Crippen LogP contribution in [-0.2, 0) is 13.2 Å². The van der Waals surface area contributed by atoms with E-state index in [0.717, 1.165) is 24.7 Å². The number of hydrazone groups is 1. The zero-order valence-electron chi connectivity index (χ0n) is 24.8. The van der Waals surface area contributed by atoms with Crippen LogP contribution in [0.15, 0.2) is 102 Å². The fourth-order valence-electron chi connectivity index (χ4n) is 4.54. The van der Waals surface area contributed by atoms with Crippen LogP contribution in [0.1, 0.15) is 45.8 Å². The highest BCUT2D eigenvalue weighted by Gasteiger charge is 2.14. The van der Waals surface area contributed by atoms with Gasteiger partial charge in [-0.2, -0.15) is 5.10 Å². The maximum Gasteiger partial charge on any atom is 0.307 e. The Morgan fingerprint density at radius 3 is 2.29 bits per heavy atom. The molecule has 45 heavy (non-hydrogen) atoms. The molecule has 3 aromatic carbocycles. The molecule has 0 atom stereocenters. The molecule has 0 aliphatic carbocycles. The Morgan fingerprint density at radius 2 is 1.58 bits per heavy atom. The van der Waals surface area contributed by atoms with E-state index >= 15 is 0 Å². The largest absolute Gasteiger partial charge is 0.490 e. The van der Waals surface area contributed by atoms with Gasteiger partial charge in [-0.15, -0.1) is 0 Å². The molecule has 0 unspecified atom stereocenters. The highest BCUT2D eigenvalue weighted by atomic mass is 79.9. The molecule has 11 heteroatoms. The normalized spacial score (nSPS) is 11.2. The van der Waals surface area contributed by atoms with Gasteiger partial charge < -0.3 is 23.2 Å². The molecule has 0 spiro atoms. The number of ether oxygens (including phenoxy) is 3. The van der Waals surface area contributed by atoms with Crippen LogP contribution in [0.5, 0.6) is 17.2 Å². The van der Waals surface area contributed by atoms with Crippen LogP contribution in [0.3, 0.4) is 0 Å². The molecule has 0 bridgehead atoms. The Hall–Kier alpha value is -3.80. The van der Waals surface area contributed by atoms with Crippen LogP contribution >= 0.6 is 47.8 Å². The first kappa shape index (κ1) is 32.6. The minimum Gasteiger partial charge on any atom is -0.490 e. The van der Waals surface area contributed by atoms with Crippen molar-refractivity contribution in [3.8, 4) is 22.9 Å². The average Bonchev–Trinajstić information content (AvgIpc) is 3.63. The molecule has 2 aromatic heterocycles. The Balaban J connectivity index is 1.16. The summed E-state index contributed by atoms with van der Waals surface area (Å²) in [5.74, 6) is 1.98. The number of carbonyl (C=O) groups excluding carboxylic acids is 1. The second kappa shape index (κ2) is 15.0. The maximum atomic E-state index is 12.7. The topological polar surface area (TPSA) is 87.2 Å². The third-order valence-electron chi connectivity index (χ3n) is 6.76. The number of rotatable bonds is 12. The molecule has 0 aliphatic heterocycles. The van der Waals surface area contributed by atoms with Gasteiger partial charge in [0.15, 0.2) is 17.3 Å². The van der Waals surface area contributed by atoms with Gasteiger partial charge in [-0.25, -0.2) is 5.43 Å². The zero-order valence-corrected chi connectivity index (χ0v) is 29.5. The summed E-state index contributed by atoms with van der Waals surface area (Å²) in [7, 11) is 0. The smallest absolute Gasteiger partial charge is 0.307 e. The van der Waals surface area contributed by atoms with Gasteiger partial charge in [0.25, 0.3) is 0 Å². The van der Waals surface area contributed by atoms with Gasteiger partial charge in [0.1, 0.15) is 24.7 Å². The minimum absolute atomic E-state index is 0.122. The SMILES string of the molecule is CCOc1cc(/C=N/NC(=O)c2ccc(COc3ccc(-n4c(C)ccc4C)cc3)o2)c(Br)cc1OCc1ccc(Br)cc1Br. The summed E-state index contributed by atoms with van der Waals surface area (Å²) in [6.45, 7) is 7.03. The summed E-state index contributed by atoms with van der Waals surface area (Å²) in [5.41, 5.74) is 7.59. The van der Waals surface area contributed by atoms with Crippen molar-refractivity contribution in [1.82, 2.24) is 9.99 Å². The lowest BCUT2D eigenvalue weighted by atomic mass is 10.2. The van der Waals surface area contributed by atoms with Gasteiger partial charge in [0.05, 0.1) is 12.8 Å². The fourth-order valence-corrected chi connectivity index (χ4v) is 6.13. The Morgan fingerprint density at radius 1 is 0.844 bits per heavy atom. The van der Waals surface area contributed by atoms with Crippen molar-refractivity contribution in [3.05, 3.63) is 126 Å². The van der Waals surface area contributed by atoms with Gasteiger partial charge in [-0.1, -0.05) is 37.9 Å². The molecule has 232 valence electrons. The standard InChI is InChI=1S/C34H30Br3N3O5/c1-4-42-32-15-24(30(37)17-33(32)44-19-23-7-8-25(35)16-29(23)36)18-38-39-34(41)31-14-13-28(45-31)20-43-27-11-9-26(10-12-27)40-21(2)5-6-22(40)3/h5-18H,4,19-20H2,1-3H3,(H,39,41)/b38-18+. The number of hydrogen-bond donors (Lipinski definition) is 1. The molecule has 0 saturated heterocycles. The molecule has 0 radical (unpaired) electrons. The average molecular weight is 800 g/mol. The monoisotopic (exact) mass is 797 g/mol.